The van der Waals surface area contributed by atoms with Crippen molar-refractivity contribution in [3.8, 4) is 0 Å². The van der Waals surface area contributed by atoms with Crippen LogP contribution < -0.4 is 5.32 Å². The number of rotatable bonds is 4. The summed E-state index contributed by atoms with van der Waals surface area (Å²) in [6, 6.07) is 12.5. The predicted octanol–water partition coefficient (Wildman–Crippen LogP) is 2.57. The third-order valence-electron chi connectivity index (χ3n) is 4.53. The highest BCUT2D eigenvalue weighted by Crippen LogP contribution is 2.26. The van der Waals surface area contributed by atoms with E-state index in [9.17, 15) is 8.42 Å². The molecule has 2 aromatic heterocycles. The van der Waals surface area contributed by atoms with Crippen LogP contribution in [-0.4, -0.2) is 30.0 Å². The number of hydrogen-bond acceptors (Lipinski definition) is 4. The molecule has 1 unspecified atom stereocenters. The van der Waals surface area contributed by atoms with Gasteiger partial charge in [-0.15, -0.1) is 0 Å². The third-order valence-corrected chi connectivity index (χ3v) is 6.22. The lowest BCUT2D eigenvalue weighted by Crippen LogP contribution is -2.23. The zero-order valence-corrected chi connectivity index (χ0v) is 14.0. The minimum atomic E-state index is -3.62. The molecule has 124 valence electrons. The van der Waals surface area contributed by atoms with Crippen LogP contribution in [0.1, 0.15) is 18.4 Å². The Balaban J connectivity index is 1.84. The Morgan fingerprint density at radius 1 is 1.17 bits per heavy atom. The maximum atomic E-state index is 13.0. The monoisotopic (exact) mass is 341 g/mol. The molecule has 1 aliphatic rings. The first-order valence-corrected chi connectivity index (χ1v) is 9.59. The van der Waals surface area contributed by atoms with Crippen molar-refractivity contribution < 1.29 is 8.42 Å². The second kappa shape index (κ2) is 6.03. The summed E-state index contributed by atoms with van der Waals surface area (Å²) < 4.78 is 27.4. The van der Waals surface area contributed by atoms with E-state index in [1.807, 2.05) is 12.1 Å². The van der Waals surface area contributed by atoms with Crippen LogP contribution in [0.25, 0.3) is 11.0 Å². The van der Waals surface area contributed by atoms with Gasteiger partial charge in [0.1, 0.15) is 0 Å². The number of nitrogens with one attached hydrogen (secondary N) is 1. The van der Waals surface area contributed by atoms with Gasteiger partial charge in [-0.25, -0.2) is 12.4 Å². The Morgan fingerprint density at radius 3 is 2.75 bits per heavy atom. The lowest BCUT2D eigenvalue weighted by molar-refractivity contribution is 0.587. The molecule has 0 radical (unpaired) electrons. The van der Waals surface area contributed by atoms with Gasteiger partial charge in [0.15, 0.2) is 0 Å². The van der Waals surface area contributed by atoms with Crippen LogP contribution in [0.5, 0.6) is 0 Å². The Kier molecular flexibility index (Phi) is 3.86. The van der Waals surface area contributed by atoms with Gasteiger partial charge < -0.3 is 5.32 Å². The predicted molar refractivity (Wildman–Crippen MR) is 93.5 cm³/mol. The van der Waals surface area contributed by atoms with Crippen molar-refractivity contribution >= 4 is 21.1 Å². The van der Waals surface area contributed by atoms with Gasteiger partial charge in [-0.2, -0.15) is 0 Å². The molecule has 0 saturated carbocycles. The summed E-state index contributed by atoms with van der Waals surface area (Å²) in [7, 11) is -3.62. The fourth-order valence-corrected chi connectivity index (χ4v) is 4.75. The van der Waals surface area contributed by atoms with Crippen molar-refractivity contribution in [2.75, 3.05) is 6.54 Å². The average Bonchev–Trinajstić information content (AvgIpc) is 3.25. The number of aromatic nitrogens is 2. The number of pyridine rings is 1. The molecule has 24 heavy (non-hydrogen) atoms. The summed E-state index contributed by atoms with van der Waals surface area (Å²) in [6.07, 6.45) is 6.53. The molecule has 1 aliphatic heterocycles. The van der Waals surface area contributed by atoms with E-state index in [0.717, 1.165) is 30.5 Å². The van der Waals surface area contributed by atoms with E-state index in [2.05, 4.69) is 10.3 Å². The molecular weight excluding hydrogens is 322 g/mol. The van der Waals surface area contributed by atoms with Gasteiger partial charge in [0.25, 0.3) is 10.0 Å². The molecule has 0 amide bonds. The molecule has 1 fully saturated rings. The van der Waals surface area contributed by atoms with Gasteiger partial charge in [-0.3, -0.25) is 4.98 Å². The van der Waals surface area contributed by atoms with Crippen LogP contribution in [0.3, 0.4) is 0 Å². The van der Waals surface area contributed by atoms with Gasteiger partial charge in [0.05, 0.1) is 15.9 Å². The standard InChI is InChI=1S/C18H19N3O2S/c22-24(23,16-7-2-1-3-8-16)21-13-14(12-15-6-4-10-19-15)18-17(21)9-5-11-20-18/h1-3,5,7-9,11,13,15,19H,4,6,10,12H2. The van der Waals surface area contributed by atoms with E-state index < -0.39 is 10.0 Å². The number of benzene rings is 1. The number of fused-ring (bicyclic) bond motifs is 1. The highest BCUT2D eigenvalue weighted by atomic mass is 32.2. The number of nitrogens with zero attached hydrogens (tertiary/aromatic N) is 2. The summed E-state index contributed by atoms with van der Waals surface area (Å²) in [5.41, 5.74) is 2.38. The zero-order valence-electron chi connectivity index (χ0n) is 13.2. The number of hydrogen-bond donors (Lipinski definition) is 1. The normalized spacial score (nSPS) is 18.2. The first-order chi connectivity index (χ1) is 11.7. The highest BCUT2D eigenvalue weighted by molar-refractivity contribution is 7.90. The molecule has 0 spiro atoms. The molecule has 1 aromatic carbocycles. The smallest absolute Gasteiger partial charge is 0.268 e. The third kappa shape index (κ3) is 2.61. The molecule has 1 N–H and O–H groups in total. The second-order valence-electron chi connectivity index (χ2n) is 6.14. The van der Waals surface area contributed by atoms with E-state index in [1.54, 1.807) is 42.7 Å². The van der Waals surface area contributed by atoms with Crippen molar-refractivity contribution in [2.45, 2.75) is 30.2 Å². The van der Waals surface area contributed by atoms with E-state index in [1.165, 1.54) is 10.4 Å². The maximum Gasteiger partial charge on any atom is 0.268 e. The lowest BCUT2D eigenvalue weighted by Gasteiger charge is -2.08. The van der Waals surface area contributed by atoms with Gasteiger partial charge >= 0.3 is 0 Å². The molecule has 3 aromatic rings. The topological polar surface area (TPSA) is 64.0 Å². The molecular formula is C18H19N3O2S. The van der Waals surface area contributed by atoms with Crippen LogP contribution in [0.15, 0.2) is 59.8 Å². The first kappa shape index (κ1) is 15.4. The van der Waals surface area contributed by atoms with E-state index in [0.29, 0.717) is 11.6 Å². The summed E-state index contributed by atoms with van der Waals surface area (Å²) in [4.78, 5) is 4.73. The van der Waals surface area contributed by atoms with Crippen molar-refractivity contribution in [1.29, 1.82) is 0 Å². The molecule has 6 heteroatoms. The Bertz CT molecular complexity index is 958. The summed E-state index contributed by atoms with van der Waals surface area (Å²) in [6.45, 7) is 1.03. The van der Waals surface area contributed by atoms with Crippen LogP contribution in [0.4, 0.5) is 0 Å². The second-order valence-corrected chi connectivity index (χ2v) is 7.95. The summed E-state index contributed by atoms with van der Waals surface area (Å²) in [5.74, 6) is 0. The fourth-order valence-electron chi connectivity index (χ4n) is 3.34. The lowest BCUT2D eigenvalue weighted by atomic mass is 10.1. The largest absolute Gasteiger partial charge is 0.314 e. The average molecular weight is 341 g/mol. The van der Waals surface area contributed by atoms with Gasteiger partial charge in [0.2, 0.25) is 0 Å². The van der Waals surface area contributed by atoms with Crippen LogP contribution in [-0.2, 0) is 16.4 Å². The summed E-state index contributed by atoms with van der Waals surface area (Å²) in [5, 5.41) is 3.46. The van der Waals surface area contributed by atoms with E-state index >= 15 is 0 Å². The van der Waals surface area contributed by atoms with Crippen molar-refractivity contribution in [1.82, 2.24) is 14.3 Å². The van der Waals surface area contributed by atoms with Crippen molar-refractivity contribution in [3.05, 3.63) is 60.4 Å². The molecule has 1 saturated heterocycles. The van der Waals surface area contributed by atoms with Crippen LogP contribution >= 0.6 is 0 Å². The molecule has 0 bridgehead atoms. The Morgan fingerprint density at radius 2 is 2.00 bits per heavy atom. The fraction of sp³-hybridized carbons (Fsp3) is 0.278. The first-order valence-electron chi connectivity index (χ1n) is 8.15. The SMILES string of the molecule is O=S(=O)(c1ccccc1)n1cc(CC2CCCN2)c2ncccc21. The minimum absolute atomic E-state index is 0.288. The van der Waals surface area contributed by atoms with Crippen LogP contribution in [0.2, 0.25) is 0 Å². The van der Waals surface area contributed by atoms with Gasteiger partial charge in [0, 0.05) is 18.4 Å². The molecule has 5 nitrogen and oxygen atoms in total. The molecule has 3 heterocycles. The molecule has 4 rings (SSSR count). The van der Waals surface area contributed by atoms with Crippen molar-refractivity contribution in [3.63, 3.8) is 0 Å². The van der Waals surface area contributed by atoms with Crippen molar-refractivity contribution in [2.24, 2.45) is 0 Å². The maximum absolute atomic E-state index is 13.0. The highest BCUT2D eigenvalue weighted by Gasteiger charge is 2.23. The van der Waals surface area contributed by atoms with Gasteiger partial charge in [-0.05, 0) is 55.6 Å². The summed E-state index contributed by atoms with van der Waals surface area (Å²) >= 11 is 0. The minimum Gasteiger partial charge on any atom is -0.314 e. The molecule has 0 aliphatic carbocycles. The quantitative estimate of drug-likeness (QED) is 0.792. The van der Waals surface area contributed by atoms with Gasteiger partial charge in [-0.1, -0.05) is 18.2 Å². The van der Waals surface area contributed by atoms with E-state index in [-0.39, 0.29) is 4.90 Å². The molecule has 1 atom stereocenters. The Hall–Kier alpha value is -2.18. The van der Waals surface area contributed by atoms with E-state index in [4.69, 9.17) is 0 Å². The van der Waals surface area contributed by atoms with Crippen LogP contribution in [0, 0.1) is 0 Å². The zero-order chi connectivity index (χ0) is 16.6. The Labute approximate surface area is 141 Å².